The molecule has 0 radical (unpaired) electrons. The Balaban J connectivity index is 2.32. The van der Waals surface area contributed by atoms with Crippen LogP contribution in [0.5, 0.6) is 11.5 Å². The molecule has 5 heteroatoms. The highest BCUT2D eigenvalue weighted by atomic mass is 79.9. The summed E-state index contributed by atoms with van der Waals surface area (Å²) in [7, 11) is 0. The van der Waals surface area contributed by atoms with Crippen LogP contribution in [0.3, 0.4) is 0 Å². The van der Waals surface area contributed by atoms with Crippen LogP contribution in [-0.2, 0) is 6.42 Å². The number of nitrogens with two attached hydrogens (primary N) is 1. The van der Waals surface area contributed by atoms with Crippen LogP contribution in [0, 0.1) is 11.6 Å². The van der Waals surface area contributed by atoms with E-state index in [1.54, 1.807) is 19.1 Å². The third-order valence-electron chi connectivity index (χ3n) is 2.72. The van der Waals surface area contributed by atoms with Gasteiger partial charge in [0.05, 0.1) is 4.47 Å². The van der Waals surface area contributed by atoms with Gasteiger partial charge < -0.3 is 10.5 Å². The molecule has 1 unspecified atom stereocenters. The maximum atomic E-state index is 13.9. The molecule has 20 heavy (non-hydrogen) atoms. The van der Waals surface area contributed by atoms with Crippen molar-refractivity contribution in [2.45, 2.75) is 19.4 Å². The predicted molar refractivity (Wildman–Crippen MR) is 77.9 cm³/mol. The monoisotopic (exact) mass is 341 g/mol. The molecule has 2 N–H and O–H groups in total. The van der Waals surface area contributed by atoms with Crippen LogP contribution >= 0.6 is 15.9 Å². The zero-order valence-corrected chi connectivity index (χ0v) is 12.5. The molecule has 0 heterocycles. The highest BCUT2D eigenvalue weighted by Crippen LogP contribution is 2.30. The molecule has 2 aromatic carbocycles. The Hall–Kier alpha value is -1.46. The molecule has 2 rings (SSSR count). The van der Waals surface area contributed by atoms with Crippen LogP contribution in [0.2, 0.25) is 0 Å². The van der Waals surface area contributed by atoms with E-state index in [9.17, 15) is 8.78 Å². The minimum absolute atomic E-state index is 0.186. The average Bonchev–Trinajstić information content (AvgIpc) is 2.38. The van der Waals surface area contributed by atoms with Gasteiger partial charge in [-0.2, -0.15) is 0 Å². The van der Waals surface area contributed by atoms with Crippen molar-refractivity contribution < 1.29 is 13.5 Å². The van der Waals surface area contributed by atoms with Gasteiger partial charge in [-0.1, -0.05) is 6.07 Å². The number of hydrogen-bond acceptors (Lipinski definition) is 2. The molecule has 0 saturated carbocycles. The molecule has 106 valence electrons. The summed E-state index contributed by atoms with van der Waals surface area (Å²) in [5, 5.41) is 0. The zero-order chi connectivity index (χ0) is 14.7. The number of hydrogen-bond donors (Lipinski definition) is 1. The van der Waals surface area contributed by atoms with Gasteiger partial charge in [0.1, 0.15) is 23.1 Å². The highest BCUT2D eigenvalue weighted by Gasteiger charge is 2.13. The molecule has 0 bridgehead atoms. The maximum Gasteiger partial charge on any atom is 0.137 e. The van der Waals surface area contributed by atoms with Crippen molar-refractivity contribution >= 4 is 15.9 Å². The molecule has 0 aliphatic heterocycles. The van der Waals surface area contributed by atoms with Crippen molar-refractivity contribution in [3.05, 3.63) is 58.1 Å². The van der Waals surface area contributed by atoms with E-state index in [0.717, 1.165) is 0 Å². The molecule has 0 fully saturated rings. The first-order valence-electron chi connectivity index (χ1n) is 6.13. The van der Waals surface area contributed by atoms with E-state index >= 15 is 0 Å². The van der Waals surface area contributed by atoms with Crippen molar-refractivity contribution in [3.63, 3.8) is 0 Å². The molecule has 0 saturated heterocycles. The Labute approximate surface area is 124 Å². The Morgan fingerprint density at radius 2 is 1.95 bits per heavy atom. The van der Waals surface area contributed by atoms with E-state index in [2.05, 4.69) is 15.9 Å². The lowest BCUT2D eigenvalue weighted by atomic mass is 10.1. The lowest BCUT2D eigenvalue weighted by Gasteiger charge is -2.14. The number of halogens is 3. The minimum atomic E-state index is -0.382. The van der Waals surface area contributed by atoms with Gasteiger partial charge in [-0.05, 0) is 59.6 Å². The summed E-state index contributed by atoms with van der Waals surface area (Å²) in [6, 6.07) is 8.67. The van der Waals surface area contributed by atoms with Gasteiger partial charge in [0.2, 0.25) is 0 Å². The Morgan fingerprint density at radius 3 is 2.60 bits per heavy atom. The largest absolute Gasteiger partial charge is 0.457 e. The van der Waals surface area contributed by atoms with Crippen LogP contribution < -0.4 is 10.5 Å². The molecule has 1 atom stereocenters. The highest BCUT2D eigenvalue weighted by molar-refractivity contribution is 9.10. The molecule has 0 aliphatic carbocycles. The lowest BCUT2D eigenvalue weighted by molar-refractivity contribution is 0.461. The summed E-state index contributed by atoms with van der Waals surface area (Å²) in [5.41, 5.74) is 6.14. The van der Waals surface area contributed by atoms with E-state index in [1.807, 2.05) is 0 Å². The van der Waals surface area contributed by atoms with Gasteiger partial charge in [-0.3, -0.25) is 0 Å². The summed E-state index contributed by atoms with van der Waals surface area (Å²) in [5.74, 6) is 0.0731. The summed E-state index contributed by atoms with van der Waals surface area (Å²) >= 11 is 3.08. The first-order chi connectivity index (χ1) is 9.47. The van der Waals surface area contributed by atoms with E-state index in [0.29, 0.717) is 28.0 Å². The van der Waals surface area contributed by atoms with Crippen LogP contribution in [0.4, 0.5) is 8.78 Å². The molecule has 0 aliphatic rings. The second-order valence-electron chi connectivity index (χ2n) is 4.58. The normalized spacial score (nSPS) is 12.2. The molecule has 2 nitrogen and oxygen atoms in total. The van der Waals surface area contributed by atoms with Gasteiger partial charge in [0.25, 0.3) is 0 Å². The second kappa shape index (κ2) is 6.33. The minimum Gasteiger partial charge on any atom is -0.457 e. The predicted octanol–water partition coefficient (Wildman–Crippen LogP) is 4.41. The summed E-state index contributed by atoms with van der Waals surface area (Å²) in [6.07, 6.45) is 0.365. The summed E-state index contributed by atoms with van der Waals surface area (Å²) < 4.78 is 33.0. The standard InChI is InChI=1S/C15H14BrF2NO/c1-9(19)7-11-13(17)3-2-4-15(11)20-10-5-6-14(18)12(16)8-10/h2-6,8-9H,7,19H2,1H3. The van der Waals surface area contributed by atoms with Crippen molar-refractivity contribution in [3.8, 4) is 11.5 Å². The third-order valence-corrected chi connectivity index (χ3v) is 3.33. The topological polar surface area (TPSA) is 35.2 Å². The fourth-order valence-corrected chi connectivity index (χ4v) is 2.18. The van der Waals surface area contributed by atoms with E-state index in [-0.39, 0.29) is 17.7 Å². The molecule has 0 spiro atoms. The lowest BCUT2D eigenvalue weighted by Crippen LogP contribution is -2.19. The van der Waals surface area contributed by atoms with Gasteiger partial charge in [0.15, 0.2) is 0 Å². The average molecular weight is 342 g/mol. The van der Waals surface area contributed by atoms with Crippen molar-refractivity contribution in [1.82, 2.24) is 0 Å². The SMILES string of the molecule is CC(N)Cc1c(F)cccc1Oc1ccc(F)c(Br)c1. The molecule has 0 amide bonds. The molecular formula is C15H14BrF2NO. The number of rotatable bonds is 4. The fourth-order valence-electron chi connectivity index (χ4n) is 1.82. The van der Waals surface area contributed by atoms with Gasteiger partial charge in [-0.25, -0.2) is 8.78 Å². The quantitative estimate of drug-likeness (QED) is 0.893. The van der Waals surface area contributed by atoms with Crippen molar-refractivity contribution in [2.24, 2.45) is 5.73 Å². The molecule has 0 aromatic heterocycles. The van der Waals surface area contributed by atoms with Gasteiger partial charge in [0, 0.05) is 11.6 Å². The third kappa shape index (κ3) is 3.55. The van der Waals surface area contributed by atoms with Crippen LogP contribution in [-0.4, -0.2) is 6.04 Å². The van der Waals surface area contributed by atoms with Gasteiger partial charge >= 0.3 is 0 Å². The smallest absolute Gasteiger partial charge is 0.137 e. The van der Waals surface area contributed by atoms with Crippen molar-refractivity contribution in [1.29, 1.82) is 0 Å². The summed E-state index contributed by atoms with van der Waals surface area (Å²) in [6.45, 7) is 1.80. The number of ether oxygens (including phenoxy) is 1. The van der Waals surface area contributed by atoms with Crippen LogP contribution in [0.25, 0.3) is 0 Å². The Morgan fingerprint density at radius 1 is 1.20 bits per heavy atom. The second-order valence-corrected chi connectivity index (χ2v) is 5.43. The van der Waals surface area contributed by atoms with Crippen LogP contribution in [0.15, 0.2) is 40.9 Å². The van der Waals surface area contributed by atoms with Gasteiger partial charge in [-0.15, -0.1) is 0 Å². The Kier molecular flexibility index (Phi) is 4.73. The fraction of sp³-hybridized carbons (Fsp3) is 0.200. The van der Waals surface area contributed by atoms with E-state index < -0.39 is 0 Å². The van der Waals surface area contributed by atoms with E-state index in [1.165, 1.54) is 24.3 Å². The molecular weight excluding hydrogens is 328 g/mol. The van der Waals surface area contributed by atoms with Crippen molar-refractivity contribution in [2.75, 3.05) is 0 Å². The summed E-state index contributed by atoms with van der Waals surface area (Å²) in [4.78, 5) is 0. The van der Waals surface area contributed by atoms with E-state index in [4.69, 9.17) is 10.5 Å². The number of benzene rings is 2. The maximum absolute atomic E-state index is 13.9. The van der Waals surface area contributed by atoms with Crippen LogP contribution in [0.1, 0.15) is 12.5 Å². The first-order valence-corrected chi connectivity index (χ1v) is 6.92. The molecule has 2 aromatic rings. The zero-order valence-electron chi connectivity index (χ0n) is 10.9. The Bertz CT molecular complexity index is 617. The first kappa shape index (κ1) is 14.9.